The minimum atomic E-state index is -0.700. The lowest BCUT2D eigenvalue weighted by molar-refractivity contribution is -0.137. The number of hydrogen-bond acceptors (Lipinski definition) is 3. The lowest BCUT2D eigenvalue weighted by Crippen LogP contribution is -2.63. The predicted molar refractivity (Wildman–Crippen MR) is 64.6 cm³/mol. The van der Waals surface area contributed by atoms with Crippen molar-refractivity contribution in [1.82, 2.24) is 10.2 Å². The highest BCUT2D eigenvalue weighted by atomic mass is 16.4. The summed E-state index contributed by atoms with van der Waals surface area (Å²) < 4.78 is 0. The molecule has 1 heterocycles. The third kappa shape index (κ3) is 3.76. The molecule has 1 aliphatic rings. The summed E-state index contributed by atoms with van der Waals surface area (Å²) in [7, 11) is 0. The van der Waals surface area contributed by atoms with Gasteiger partial charge < -0.3 is 10.4 Å². The molecule has 0 aliphatic carbocycles. The van der Waals surface area contributed by atoms with E-state index in [1.165, 1.54) is 0 Å². The van der Waals surface area contributed by atoms with Gasteiger partial charge in [0.25, 0.3) is 0 Å². The Morgan fingerprint density at radius 2 is 2.19 bits per heavy atom. The van der Waals surface area contributed by atoms with Gasteiger partial charge >= 0.3 is 5.97 Å². The molecular formula is C12H24N2O2. The Labute approximate surface area is 98.0 Å². The molecule has 0 spiro atoms. The number of carbonyl (C=O) groups is 1. The smallest absolute Gasteiger partial charge is 0.303 e. The summed E-state index contributed by atoms with van der Waals surface area (Å²) in [4.78, 5) is 13.0. The highest BCUT2D eigenvalue weighted by molar-refractivity contribution is 5.66. The molecule has 1 fully saturated rings. The zero-order valence-electron chi connectivity index (χ0n) is 10.8. The molecule has 4 heteroatoms. The van der Waals surface area contributed by atoms with Crippen LogP contribution in [0.1, 0.15) is 40.5 Å². The molecule has 4 nitrogen and oxygen atoms in total. The normalized spacial score (nSPS) is 25.9. The van der Waals surface area contributed by atoms with Gasteiger partial charge in [0.2, 0.25) is 0 Å². The molecule has 1 saturated heterocycles. The quantitative estimate of drug-likeness (QED) is 0.762. The van der Waals surface area contributed by atoms with E-state index in [9.17, 15) is 4.79 Å². The van der Waals surface area contributed by atoms with E-state index in [0.29, 0.717) is 12.1 Å². The van der Waals surface area contributed by atoms with Crippen LogP contribution in [0.2, 0.25) is 0 Å². The van der Waals surface area contributed by atoms with Gasteiger partial charge in [-0.25, -0.2) is 0 Å². The summed E-state index contributed by atoms with van der Waals surface area (Å²) in [5.74, 6) is -0.700. The fraction of sp³-hybridized carbons (Fsp3) is 0.917. The van der Waals surface area contributed by atoms with Crippen LogP contribution in [0.4, 0.5) is 0 Å². The molecule has 2 N–H and O–H groups in total. The number of piperazine rings is 1. The van der Waals surface area contributed by atoms with Gasteiger partial charge in [-0.3, -0.25) is 9.69 Å². The Morgan fingerprint density at radius 3 is 2.69 bits per heavy atom. The van der Waals surface area contributed by atoms with Crippen molar-refractivity contribution in [2.75, 3.05) is 13.1 Å². The summed E-state index contributed by atoms with van der Waals surface area (Å²) in [6.45, 7) is 10.6. The number of carboxylic acid groups (broad SMARTS) is 1. The van der Waals surface area contributed by atoms with Crippen molar-refractivity contribution in [3.63, 3.8) is 0 Å². The third-order valence-electron chi connectivity index (χ3n) is 3.22. The van der Waals surface area contributed by atoms with Crippen molar-refractivity contribution < 1.29 is 9.90 Å². The van der Waals surface area contributed by atoms with E-state index in [0.717, 1.165) is 19.5 Å². The minimum Gasteiger partial charge on any atom is -0.481 e. The predicted octanol–water partition coefficient (Wildman–Crippen LogP) is 1.31. The molecular weight excluding hydrogens is 204 g/mol. The Bertz CT molecular complexity index is 251. The topological polar surface area (TPSA) is 52.6 Å². The van der Waals surface area contributed by atoms with Crippen LogP contribution in [0.15, 0.2) is 0 Å². The molecule has 0 aromatic carbocycles. The zero-order chi connectivity index (χ0) is 12.3. The summed E-state index contributed by atoms with van der Waals surface area (Å²) in [5.41, 5.74) is 0.129. The maximum atomic E-state index is 10.6. The standard InChI is InChI=1S/C12H24N2O2/c1-9(2)14-8-12(3,4)13-7-10(14)5-6-11(15)16/h9-10,13H,5-8H2,1-4H3,(H,15,16). The first kappa shape index (κ1) is 13.5. The Morgan fingerprint density at radius 1 is 1.56 bits per heavy atom. The first-order valence-corrected chi connectivity index (χ1v) is 6.04. The number of carboxylic acids is 1. The van der Waals surface area contributed by atoms with Crippen LogP contribution in [0.3, 0.4) is 0 Å². The lowest BCUT2D eigenvalue weighted by atomic mass is 9.95. The van der Waals surface area contributed by atoms with E-state index in [4.69, 9.17) is 5.11 Å². The van der Waals surface area contributed by atoms with Crippen molar-refractivity contribution in [1.29, 1.82) is 0 Å². The zero-order valence-corrected chi connectivity index (χ0v) is 10.8. The van der Waals surface area contributed by atoms with Crippen LogP contribution in [-0.4, -0.2) is 46.7 Å². The maximum absolute atomic E-state index is 10.6. The average molecular weight is 228 g/mol. The Kier molecular flexibility index (Phi) is 4.33. The molecule has 1 aliphatic heterocycles. The van der Waals surface area contributed by atoms with Crippen molar-refractivity contribution in [3.05, 3.63) is 0 Å². The summed E-state index contributed by atoms with van der Waals surface area (Å²) in [6.07, 6.45) is 0.993. The Hall–Kier alpha value is -0.610. The van der Waals surface area contributed by atoms with Gasteiger partial charge in [-0.05, 0) is 34.1 Å². The first-order valence-electron chi connectivity index (χ1n) is 6.04. The van der Waals surface area contributed by atoms with E-state index >= 15 is 0 Å². The van der Waals surface area contributed by atoms with Gasteiger partial charge in [0.1, 0.15) is 0 Å². The molecule has 0 aromatic heterocycles. The van der Waals surface area contributed by atoms with Gasteiger partial charge in [-0.2, -0.15) is 0 Å². The van der Waals surface area contributed by atoms with Crippen LogP contribution in [-0.2, 0) is 4.79 Å². The maximum Gasteiger partial charge on any atom is 0.303 e. The molecule has 16 heavy (non-hydrogen) atoms. The highest BCUT2D eigenvalue weighted by Gasteiger charge is 2.33. The van der Waals surface area contributed by atoms with E-state index < -0.39 is 5.97 Å². The molecule has 0 amide bonds. The number of nitrogens with one attached hydrogen (secondary N) is 1. The van der Waals surface area contributed by atoms with Gasteiger partial charge in [0.15, 0.2) is 0 Å². The van der Waals surface area contributed by atoms with Crippen molar-refractivity contribution in [2.45, 2.75) is 58.2 Å². The van der Waals surface area contributed by atoms with E-state index in [1.54, 1.807) is 0 Å². The molecule has 0 aromatic rings. The molecule has 1 atom stereocenters. The summed E-state index contributed by atoms with van der Waals surface area (Å²) in [6, 6.07) is 0.823. The van der Waals surface area contributed by atoms with E-state index in [2.05, 4.69) is 37.9 Å². The average Bonchev–Trinajstić information content (AvgIpc) is 2.14. The van der Waals surface area contributed by atoms with Crippen molar-refractivity contribution in [3.8, 4) is 0 Å². The molecule has 0 radical (unpaired) electrons. The fourth-order valence-electron chi connectivity index (χ4n) is 2.31. The highest BCUT2D eigenvalue weighted by Crippen LogP contribution is 2.20. The van der Waals surface area contributed by atoms with Gasteiger partial charge in [-0.1, -0.05) is 0 Å². The van der Waals surface area contributed by atoms with Crippen LogP contribution < -0.4 is 5.32 Å². The number of aliphatic carboxylic acids is 1. The minimum absolute atomic E-state index is 0.129. The molecule has 1 unspecified atom stereocenters. The number of rotatable bonds is 4. The third-order valence-corrected chi connectivity index (χ3v) is 3.22. The van der Waals surface area contributed by atoms with Crippen molar-refractivity contribution >= 4 is 5.97 Å². The molecule has 94 valence electrons. The van der Waals surface area contributed by atoms with Crippen LogP contribution in [0, 0.1) is 0 Å². The van der Waals surface area contributed by atoms with Crippen LogP contribution >= 0.6 is 0 Å². The summed E-state index contributed by atoms with van der Waals surface area (Å²) >= 11 is 0. The lowest BCUT2D eigenvalue weighted by Gasteiger charge is -2.46. The second kappa shape index (κ2) is 5.15. The number of hydrogen-bond donors (Lipinski definition) is 2. The summed E-state index contributed by atoms with van der Waals surface area (Å²) in [5, 5.41) is 12.2. The second-order valence-corrected chi connectivity index (χ2v) is 5.62. The fourth-order valence-corrected chi connectivity index (χ4v) is 2.31. The first-order chi connectivity index (χ1) is 7.32. The van der Waals surface area contributed by atoms with E-state index in [-0.39, 0.29) is 12.0 Å². The van der Waals surface area contributed by atoms with Gasteiger partial charge in [0, 0.05) is 37.1 Å². The van der Waals surface area contributed by atoms with Gasteiger partial charge in [0.05, 0.1) is 0 Å². The molecule has 1 rings (SSSR count). The van der Waals surface area contributed by atoms with Crippen molar-refractivity contribution in [2.24, 2.45) is 0 Å². The number of nitrogens with zero attached hydrogens (tertiary/aromatic N) is 1. The van der Waals surface area contributed by atoms with Crippen LogP contribution in [0.25, 0.3) is 0 Å². The van der Waals surface area contributed by atoms with Gasteiger partial charge in [-0.15, -0.1) is 0 Å². The van der Waals surface area contributed by atoms with E-state index in [1.807, 2.05) is 0 Å². The monoisotopic (exact) mass is 228 g/mol. The molecule has 0 bridgehead atoms. The Balaban J connectivity index is 2.58. The van der Waals surface area contributed by atoms with Crippen LogP contribution in [0.5, 0.6) is 0 Å². The molecule has 0 saturated carbocycles. The SMILES string of the molecule is CC(C)N1CC(C)(C)NCC1CCC(=O)O. The second-order valence-electron chi connectivity index (χ2n) is 5.62. The largest absolute Gasteiger partial charge is 0.481 e.